The first-order valence-corrected chi connectivity index (χ1v) is 28.0. The topological polar surface area (TPSA) is 270 Å². The van der Waals surface area contributed by atoms with Crippen LogP contribution in [0.3, 0.4) is 0 Å². The summed E-state index contributed by atoms with van der Waals surface area (Å²) in [5.74, 6) is -4.48. The number of likely N-dealkylation sites (tertiary alicyclic amines) is 1. The molecule has 0 radical (unpaired) electrons. The maximum absolute atomic E-state index is 14.9. The molecule has 1 aliphatic heterocycles. The number of Topliss-reactive ketones (excluding diaryl/α,β-unsaturated/α-hetero) is 1. The van der Waals surface area contributed by atoms with Crippen LogP contribution in [0.4, 0.5) is 5.69 Å². The Labute approximate surface area is 447 Å². The summed E-state index contributed by atoms with van der Waals surface area (Å²) >= 11 is 0. The van der Waals surface area contributed by atoms with E-state index >= 15 is 0 Å². The van der Waals surface area contributed by atoms with Crippen molar-refractivity contribution < 1.29 is 57.8 Å². The number of benzene rings is 2. The Morgan fingerprint density at radius 1 is 0.987 bits per heavy atom. The van der Waals surface area contributed by atoms with Gasteiger partial charge in [-0.25, -0.2) is 4.98 Å². The van der Waals surface area contributed by atoms with Crippen LogP contribution in [0.2, 0.25) is 0 Å². The molecule has 75 heavy (non-hydrogen) atoms. The number of nitro groups is 1. The highest BCUT2D eigenvalue weighted by molar-refractivity contribution is 8.76. The number of para-hydroxylation sites is 1. The van der Waals surface area contributed by atoms with Crippen molar-refractivity contribution in [3.05, 3.63) is 81.9 Å². The number of aromatic hydroxyl groups is 1. The summed E-state index contributed by atoms with van der Waals surface area (Å²) in [7, 11) is 4.37. The van der Waals surface area contributed by atoms with Crippen LogP contribution in [0.15, 0.2) is 59.6 Å². The van der Waals surface area contributed by atoms with Gasteiger partial charge in [0.2, 0.25) is 17.7 Å². The number of phenolic OH excluding ortho intramolecular Hbond substituents is 1. The molecule has 3 aromatic rings. The molecule has 1 saturated heterocycles. The number of aromatic nitrogens is 2. The second-order valence-corrected chi connectivity index (χ2v) is 21.9. The smallest absolute Gasteiger partial charge is 0.325 e. The van der Waals surface area contributed by atoms with E-state index in [9.17, 15) is 48.8 Å². The summed E-state index contributed by atoms with van der Waals surface area (Å²) < 4.78 is 16.8. The van der Waals surface area contributed by atoms with Crippen molar-refractivity contribution in [2.24, 2.45) is 23.7 Å². The number of phenols is 1. The normalized spacial score (nSPS) is 16.1. The molecule has 1 aliphatic rings. The van der Waals surface area contributed by atoms with Gasteiger partial charge in [0.25, 0.3) is 5.69 Å². The maximum atomic E-state index is 14.9. The number of H-pyrrole nitrogens is 1. The number of nitro benzene ring substituents is 1. The first-order valence-electron chi connectivity index (χ1n) is 25.7. The van der Waals surface area contributed by atoms with Gasteiger partial charge in [-0.05, 0) is 87.2 Å². The molecule has 1 fully saturated rings. The molecule has 412 valence electrons. The lowest BCUT2D eigenvalue weighted by molar-refractivity contribution is -0.387. The first kappa shape index (κ1) is 61.5. The number of amides is 3. The maximum Gasteiger partial charge on any atom is 0.325 e. The van der Waals surface area contributed by atoms with Crippen LogP contribution in [0.25, 0.3) is 0 Å². The molecular weight excluding hydrogens is 1010 g/mol. The molecule has 0 saturated carbocycles. The van der Waals surface area contributed by atoms with Crippen LogP contribution in [-0.2, 0) is 49.4 Å². The third-order valence-corrected chi connectivity index (χ3v) is 15.6. The van der Waals surface area contributed by atoms with Gasteiger partial charge in [-0.3, -0.25) is 48.6 Å². The molecule has 1 unspecified atom stereocenters. The highest BCUT2D eigenvalue weighted by Gasteiger charge is 2.39. The van der Waals surface area contributed by atoms with Gasteiger partial charge in [0.05, 0.1) is 22.1 Å². The monoisotopic (exact) mass is 1080 g/mol. The molecule has 3 amide bonds. The number of carbonyl (C=O) groups is 7. The van der Waals surface area contributed by atoms with Crippen LogP contribution in [-0.4, -0.2) is 129 Å². The zero-order valence-electron chi connectivity index (χ0n) is 44.4. The van der Waals surface area contributed by atoms with E-state index in [1.54, 1.807) is 37.3 Å². The highest BCUT2D eigenvalue weighted by Crippen LogP contribution is 2.37. The van der Waals surface area contributed by atoms with Crippen molar-refractivity contribution in [2.75, 3.05) is 39.2 Å². The number of esters is 3. The van der Waals surface area contributed by atoms with Crippen molar-refractivity contribution in [1.29, 1.82) is 0 Å². The summed E-state index contributed by atoms with van der Waals surface area (Å²) in [4.78, 5) is 117. The predicted octanol–water partition coefficient (Wildman–Crippen LogP) is 7.74. The van der Waals surface area contributed by atoms with Crippen LogP contribution >= 0.6 is 21.6 Å². The van der Waals surface area contributed by atoms with Gasteiger partial charge < -0.3 is 39.8 Å². The van der Waals surface area contributed by atoms with E-state index in [0.29, 0.717) is 36.3 Å². The number of hydrogen-bond acceptors (Lipinski definition) is 17. The zero-order chi connectivity index (χ0) is 55.2. The van der Waals surface area contributed by atoms with E-state index in [4.69, 9.17) is 14.2 Å². The summed E-state index contributed by atoms with van der Waals surface area (Å²) in [6.07, 6.45) is 4.45. The Hall–Kier alpha value is -6.00. The van der Waals surface area contributed by atoms with E-state index < -0.39 is 84.0 Å². The molecule has 4 rings (SSSR count). The average Bonchev–Trinajstić information content (AvgIpc) is 3.88. The van der Waals surface area contributed by atoms with E-state index in [1.807, 2.05) is 46.6 Å². The Balaban J connectivity index is 1.49. The van der Waals surface area contributed by atoms with E-state index in [-0.39, 0.29) is 78.8 Å². The second-order valence-electron chi connectivity index (χ2n) is 19.5. The van der Waals surface area contributed by atoms with Gasteiger partial charge in [-0.15, -0.1) is 0 Å². The van der Waals surface area contributed by atoms with Crippen LogP contribution in [0, 0.1) is 33.8 Å². The number of carbonyl (C=O) groups excluding carboxylic acids is 7. The number of aromatic amines is 1. The number of imidazole rings is 1. The van der Waals surface area contributed by atoms with Crippen LogP contribution in [0.5, 0.6) is 5.75 Å². The minimum Gasteiger partial charge on any atom is -0.508 e. The molecular formula is C53H75N7O13S2. The van der Waals surface area contributed by atoms with Gasteiger partial charge >= 0.3 is 17.9 Å². The summed E-state index contributed by atoms with van der Waals surface area (Å²) in [5.41, 5.74) is 0.884. The number of nitrogens with zero attached hydrogens (tertiary/aromatic N) is 4. The lowest BCUT2D eigenvalue weighted by atomic mass is 9.85. The van der Waals surface area contributed by atoms with Crippen molar-refractivity contribution in [3.8, 4) is 5.75 Å². The van der Waals surface area contributed by atoms with Crippen LogP contribution < -0.4 is 10.6 Å². The summed E-state index contributed by atoms with van der Waals surface area (Å²) in [5, 5.41) is 26.9. The third kappa shape index (κ3) is 19.9. The van der Waals surface area contributed by atoms with Crippen molar-refractivity contribution in [3.63, 3.8) is 0 Å². The molecule has 4 N–H and O–H groups in total. The predicted molar refractivity (Wildman–Crippen MR) is 284 cm³/mol. The minimum atomic E-state index is -1.11. The number of ether oxygens (including phenoxy) is 3. The van der Waals surface area contributed by atoms with E-state index in [0.717, 1.165) is 24.9 Å². The Morgan fingerprint density at radius 2 is 1.71 bits per heavy atom. The molecule has 0 bridgehead atoms. The number of likely N-dealkylation sites (N-methyl/N-ethyl adjacent to an activating group) is 1. The first-order chi connectivity index (χ1) is 35.7. The Kier molecular flexibility index (Phi) is 25.6. The average molecular weight is 1080 g/mol. The van der Waals surface area contributed by atoms with Crippen molar-refractivity contribution in [2.45, 2.75) is 142 Å². The molecule has 2 heterocycles. The number of nitrogens with one attached hydrogen (secondary N) is 3. The van der Waals surface area contributed by atoms with Gasteiger partial charge in [0.15, 0.2) is 18.6 Å². The molecule has 0 spiro atoms. The zero-order valence-corrected chi connectivity index (χ0v) is 46.0. The fourth-order valence-electron chi connectivity index (χ4n) is 8.84. The van der Waals surface area contributed by atoms with Gasteiger partial charge in [0, 0.05) is 50.0 Å². The SMILES string of the molecule is CCCC(=O)OCN(C(=O)[C@@H](NC(=O)[C@H]1CCCCN1C)C(C)CC)[C@@H](C[C@@H](OC(C)=O)c1ncc(C(=O)C[C@@H](Cc2ccc(O)cc2)C[C@H](C)C(=O)NCC(=O)OCCSSc2ccccc2[N+](=O)[O-])[nH]1)C(C)C. The van der Waals surface area contributed by atoms with Crippen LogP contribution in [0.1, 0.15) is 134 Å². The summed E-state index contributed by atoms with van der Waals surface area (Å²) in [6, 6.07) is 10.7. The fraction of sp³-hybridized carbons (Fsp3) is 0.585. The molecule has 7 atom stereocenters. The number of ketones is 1. The molecule has 22 heteroatoms. The quantitative estimate of drug-likeness (QED) is 0.00701. The Morgan fingerprint density at radius 3 is 2.36 bits per heavy atom. The molecule has 0 aliphatic carbocycles. The van der Waals surface area contributed by atoms with Crippen molar-refractivity contribution >= 4 is 68.7 Å². The number of hydrogen-bond donors (Lipinski definition) is 4. The van der Waals surface area contributed by atoms with Crippen molar-refractivity contribution in [1.82, 2.24) is 30.4 Å². The molecule has 20 nitrogen and oxygen atoms in total. The molecule has 2 aromatic carbocycles. The van der Waals surface area contributed by atoms with Gasteiger partial charge in [0.1, 0.15) is 36.5 Å². The largest absolute Gasteiger partial charge is 0.508 e. The standard InChI is InChI=1S/C53H75N7O13S2/c1-9-15-47(64)72-32-59(53(68)49(34(5)10-2)57-52(67)42-17-13-14-23-58(42)8)43(33(3)4)29-45(73-36(7)61)50-54-30-40(56-50)44(63)28-38(27-37-19-21-39(62)22-20-37)26-35(6)51(66)55-31-48(65)71-24-25-74-75-46-18-12-11-16-41(46)60(69)70/h11-12,16,18-22,30,33-35,38,42-43,45,49,62H,9-10,13-15,17,23-29,31-32H2,1-8H3,(H,54,56)(H,55,66)(H,57,67)/t34?,35-,38+,42+,43-,45+,49-/m0/s1. The van der Waals surface area contributed by atoms with Gasteiger partial charge in [-0.2, -0.15) is 0 Å². The number of rotatable bonds is 31. The number of piperidine rings is 1. The molecule has 1 aromatic heterocycles. The lowest BCUT2D eigenvalue weighted by Crippen LogP contribution is -2.59. The third-order valence-electron chi connectivity index (χ3n) is 13.2. The summed E-state index contributed by atoms with van der Waals surface area (Å²) in [6.45, 7) is 12.3. The van der Waals surface area contributed by atoms with Gasteiger partial charge in [-0.1, -0.05) is 100 Å². The Bertz CT molecular complexity index is 2390. The fourth-order valence-corrected chi connectivity index (χ4v) is 10.8. The van der Waals surface area contributed by atoms with E-state index in [1.165, 1.54) is 57.8 Å². The van der Waals surface area contributed by atoms with E-state index in [2.05, 4.69) is 20.6 Å². The minimum absolute atomic E-state index is 0.0152. The highest BCUT2D eigenvalue weighted by atomic mass is 33.1. The lowest BCUT2D eigenvalue weighted by Gasteiger charge is -2.39. The second kappa shape index (κ2) is 31.1.